The van der Waals surface area contributed by atoms with Crippen LogP contribution in [0.3, 0.4) is 0 Å². The van der Waals surface area contributed by atoms with Crippen LogP contribution in [-0.4, -0.2) is 21.3 Å². The fourth-order valence-corrected chi connectivity index (χ4v) is 3.53. The lowest BCUT2D eigenvalue weighted by atomic mass is 9.72. The highest BCUT2D eigenvalue weighted by Gasteiger charge is 2.30. The summed E-state index contributed by atoms with van der Waals surface area (Å²) in [5.74, 6) is 3.99. The summed E-state index contributed by atoms with van der Waals surface area (Å²) in [6, 6.07) is 0. The first-order valence-corrected chi connectivity index (χ1v) is 8.20. The molecule has 1 heterocycles. The summed E-state index contributed by atoms with van der Waals surface area (Å²) in [5, 5.41) is 4.39. The second-order valence-electron chi connectivity index (χ2n) is 6.80. The minimum Gasteiger partial charge on any atom is -0.330 e. The first kappa shape index (κ1) is 15.5. The Morgan fingerprint density at radius 1 is 1.35 bits per heavy atom. The number of nitrogens with two attached hydrogens (primary N) is 1. The van der Waals surface area contributed by atoms with Crippen molar-refractivity contribution in [2.75, 3.05) is 6.54 Å². The van der Waals surface area contributed by atoms with Gasteiger partial charge >= 0.3 is 0 Å². The fraction of sp³-hybridized carbons (Fsp3) is 0.875. The van der Waals surface area contributed by atoms with Crippen LogP contribution in [0.1, 0.15) is 52.3 Å². The zero-order chi connectivity index (χ0) is 14.5. The first-order valence-electron chi connectivity index (χ1n) is 8.20. The highest BCUT2D eigenvalue weighted by atomic mass is 15.3. The van der Waals surface area contributed by atoms with E-state index in [1.54, 1.807) is 6.33 Å². The largest absolute Gasteiger partial charge is 0.330 e. The molecule has 2 N–H and O–H groups in total. The van der Waals surface area contributed by atoms with Gasteiger partial charge in [-0.05, 0) is 43.1 Å². The van der Waals surface area contributed by atoms with Gasteiger partial charge in [-0.1, -0.05) is 33.6 Å². The molecule has 3 unspecified atom stereocenters. The van der Waals surface area contributed by atoms with Crippen LogP contribution in [0.25, 0.3) is 0 Å². The highest BCUT2D eigenvalue weighted by molar-refractivity contribution is 4.92. The Kier molecular flexibility index (Phi) is 5.58. The minimum absolute atomic E-state index is 0.607. The lowest BCUT2D eigenvalue weighted by Crippen LogP contribution is -2.32. The molecule has 114 valence electrons. The first-order chi connectivity index (χ1) is 9.63. The molecule has 1 aliphatic carbocycles. The average molecular weight is 278 g/mol. The maximum absolute atomic E-state index is 5.99. The SMILES string of the molecule is CCC1CCC(CN)C(Cc2ncnn2CC(C)C)C1. The van der Waals surface area contributed by atoms with E-state index >= 15 is 0 Å². The molecule has 1 aliphatic rings. The van der Waals surface area contributed by atoms with E-state index in [2.05, 4.69) is 35.5 Å². The van der Waals surface area contributed by atoms with Crippen molar-refractivity contribution in [1.29, 1.82) is 0 Å². The molecule has 1 aromatic heterocycles. The molecule has 0 aromatic carbocycles. The second-order valence-corrected chi connectivity index (χ2v) is 6.80. The molecule has 0 saturated heterocycles. The Labute approximate surface area is 123 Å². The highest BCUT2D eigenvalue weighted by Crippen LogP contribution is 2.36. The average Bonchev–Trinajstić information content (AvgIpc) is 2.85. The molecule has 0 radical (unpaired) electrons. The summed E-state index contributed by atoms with van der Waals surface area (Å²) in [5.41, 5.74) is 5.99. The molecule has 1 saturated carbocycles. The topological polar surface area (TPSA) is 56.7 Å². The Morgan fingerprint density at radius 2 is 2.15 bits per heavy atom. The van der Waals surface area contributed by atoms with Crippen LogP contribution < -0.4 is 5.73 Å². The van der Waals surface area contributed by atoms with Crippen molar-refractivity contribution < 1.29 is 0 Å². The van der Waals surface area contributed by atoms with Crippen LogP contribution in [-0.2, 0) is 13.0 Å². The molecule has 3 atom stereocenters. The second kappa shape index (κ2) is 7.21. The zero-order valence-electron chi connectivity index (χ0n) is 13.3. The molecule has 1 fully saturated rings. The summed E-state index contributed by atoms with van der Waals surface area (Å²) in [7, 11) is 0. The van der Waals surface area contributed by atoms with Crippen molar-refractivity contribution in [3.05, 3.63) is 12.2 Å². The Bertz CT molecular complexity index is 399. The van der Waals surface area contributed by atoms with Gasteiger partial charge in [-0.3, -0.25) is 0 Å². The quantitative estimate of drug-likeness (QED) is 0.870. The van der Waals surface area contributed by atoms with Gasteiger partial charge in [0.25, 0.3) is 0 Å². The standard InChI is InChI=1S/C16H30N4/c1-4-13-5-6-14(9-17)15(7-13)8-16-18-11-19-20(16)10-12(2)3/h11-15H,4-10,17H2,1-3H3. The number of hydrogen-bond acceptors (Lipinski definition) is 3. The summed E-state index contributed by atoms with van der Waals surface area (Å²) in [4.78, 5) is 4.49. The van der Waals surface area contributed by atoms with Gasteiger partial charge in [-0.2, -0.15) is 5.10 Å². The van der Waals surface area contributed by atoms with Crippen molar-refractivity contribution >= 4 is 0 Å². The van der Waals surface area contributed by atoms with E-state index in [0.29, 0.717) is 17.8 Å². The van der Waals surface area contributed by atoms with Gasteiger partial charge in [0.1, 0.15) is 12.2 Å². The predicted octanol–water partition coefficient (Wildman–Crippen LogP) is 2.88. The van der Waals surface area contributed by atoms with Gasteiger partial charge in [-0.15, -0.1) is 0 Å². The number of aromatic nitrogens is 3. The number of nitrogens with zero attached hydrogens (tertiary/aromatic N) is 3. The zero-order valence-corrected chi connectivity index (χ0v) is 13.3. The molecule has 2 rings (SSSR count). The summed E-state index contributed by atoms with van der Waals surface area (Å²) in [6.07, 6.45) is 8.01. The lowest BCUT2D eigenvalue weighted by Gasteiger charge is -2.35. The Hall–Kier alpha value is -0.900. The number of rotatable bonds is 6. The number of hydrogen-bond donors (Lipinski definition) is 1. The van der Waals surface area contributed by atoms with Gasteiger partial charge in [0.05, 0.1) is 0 Å². The maximum Gasteiger partial charge on any atom is 0.138 e. The fourth-order valence-electron chi connectivity index (χ4n) is 3.53. The summed E-state index contributed by atoms with van der Waals surface area (Å²) in [6.45, 7) is 8.54. The summed E-state index contributed by atoms with van der Waals surface area (Å²) < 4.78 is 2.09. The van der Waals surface area contributed by atoms with E-state index in [1.165, 1.54) is 25.7 Å². The van der Waals surface area contributed by atoms with Gasteiger partial charge in [-0.25, -0.2) is 9.67 Å². The van der Waals surface area contributed by atoms with Gasteiger partial charge < -0.3 is 5.73 Å². The third-order valence-corrected chi connectivity index (χ3v) is 4.81. The molecule has 4 nitrogen and oxygen atoms in total. The smallest absolute Gasteiger partial charge is 0.138 e. The van der Waals surface area contributed by atoms with Crippen molar-refractivity contribution in [2.45, 2.75) is 59.4 Å². The van der Waals surface area contributed by atoms with Crippen LogP contribution in [0.4, 0.5) is 0 Å². The summed E-state index contributed by atoms with van der Waals surface area (Å²) >= 11 is 0. The van der Waals surface area contributed by atoms with Crippen LogP contribution in [0.5, 0.6) is 0 Å². The monoisotopic (exact) mass is 278 g/mol. The van der Waals surface area contributed by atoms with Crippen LogP contribution in [0.2, 0.25) is 0 Å². The normalized spacial score (nSPS) is 27.1. The molecular weight excluding hydrogens is 248 g/mol. The van der Waals surface area contributed by atoms with Gasteiger partial charge in [0, 0.05) is 13.0 Å². The van der Waals surface area contributed by atoms with Crippen LogP contribution >= 0.6 is 0 Å². The molecule has 20 heavy (non-hydrogen) atoms. The third-order valence-electron chi connectivity index (χ3n) is 4.81. The van der Waals surface area contributed by atoms with E-state index < -0.39 is 0 Å². The molecule has 0 bridgehead atoms. The van der Waals surface area contributed by atoms with Crippen molar-refractivity contribution in [1.82, 2.24) is 14.8 Å². The predicted molar refractivity (Wildman–Crippen MR) is 82.2 cm³/mol. The maximum atomic E-state index is 5.99. The van der Waals surface area contributed by atoms with Crippen molar-refractivity contribution in [3.63, 3.8) is 0 Å². The Balaban J connectivity index is 2.04. The van der Waals surface area contributed by atoms with Crippen molar-refractivity contribution in [2.24, 2.45) is 29.4 Å². The van der Waals surface area contributed by atoms with E-state index in [-0.39, 0.29) is 0 Å². The molecular formula is C16H30N4. The van der Waals surface area contributed by atoms with Crippen LogP contribution in [0.15, 0.2) is 6.33 Å². The van der Waals surface area contributed by atoms with E-state index in [1.807, 2.05) is 0 Å². The third kappa shape index (κ3) is 3.81. The van der Waals surface area contributed by atoms with E-state index in [4.69, 9.17) is 5.73 Å². The molecule has 0 spiro atoms. The Morgan fingerprint density at radius 3 is 2.80 bits per heavy atom. The molecule has 4 heteroatoms. The lowest BCUT2D eigenvalue weighted by molar-refractivity contribution is 0.176. The van der Waals surface area contributed by atoms with E-state index in [9.17, 15) is 0 Å². The van der Waals surface area contributed by atoms with E-state index in [0.717, 1.165) is 31.3 Å². The molecule has 0 amide bonds. The minimum atomic E-state index is 0.607. The van der Waals surface area contributed by atoms with Crippen molar-refractivity contribution in [3.8, 4) is 0 Å². The van der Waals surface area contributed by atoms with Gasteiger partial charge in [0.15, 0.2) is 0 Å². The molecule has 1 aromatic rings. The molecule has 0 aliphatic heterocycles. The van der Waals surface area contributed by atoms with Gasteiger partial charge in [0.2, 0.25) is 0 Å². The van der Waals surface area contributed by atoms with Crippen LogP contribution in [0, 0.1) is 23.7 Å².